The summed E-state index contributed by atoms with van der Waals surface area (Å²) < 4.78 is 0. The molecule has 0 aliphatic heterocycles. The van der Waals surface area contributed by atoms with Crippen LogP contribution in [0.15, 0.2) is 237 Å². The third-order valence-electron chi connectivity index (χ3n) is 13.7. The number of hydrogen-bond donors (Lipinski definition) is 0. The Bertz CT molecular complexity index is 3570. The molecule has 0 bridgehead atoms. The molecule has 0 radical (unpaired) electrons. The Morgan fingerprint density at radius 2 is 0.844 bits per heavy atom. The Kier molecular flexibility index (Phi) is 8.91. The zero-order valence-corrected chi connectivity index (χ0v) is 36.0. The Hall–Kier alpha value is -8.00. The number of fused-ring (bicyclic) bond motifs is 7. The summed E-state index contributed by atoms with van der Waals surface area (Å²) in [5.41, 5.74) is 18.1. The fraction of sp³-hybridized carbons (Fsp3) is 0.0476. The summed E-state index contributed by atoms with van der Waals surface area (Å²) in [6.07, 6.45) is 0. The van der Waals surface area contributed by atoms with Gasteiger partial charge in [0.1, 0.15) is 0 Å². The van der Waals surface area contributed by atoms with Gasteiger partial charge in [-0.3, -0.25) is 0 Å². The van der Waals surface area contributed by atoms with Crippen LogP contribution in [-0.2, 0) is 5.41 Å². The highest BCUT2D eigenvalue weighted by atomic mass is 15.1. The van der Waals surface area contributed by atoms with Crippen molar-refractivity contribution < 1.29 is 0 Å². The molecule has 0 N–H and O–H groups in total. The summed E-state index contributed by atoms with van der Waals surface area (Å²) >= 11 is 0. The van der Waals surface area contributed by atoms with Gasteiger partial charge in [0.25, 0.3) is 0 Å². The molecule has 1 aliphatic carbocycles. The highest BCUT2D eigenvalue weighted by molar-refractivity contribution is 6.17. The van der Waals surface area contributed by atoms with Crippen LogP contribution >= 0.6 is 0 Å². The molecule has 0 fully saturated rings. The smallest absolute Gasteiger partial charge is 0.0546 e. The molecule has 1 aliphatic rings. The fourth-order valence-corrected chi connectivity index (χ4v) is 10.5. The molecular formula is C63H45N. The van der Waals surface area contributed by atoms with Crippen molar-refractivity contribution >= 4 is 49.4 Å². The van der Waals surface area contributed by atoms with Gasteiger partial charge in [-0.2, -0.15) is 0 Å². The van der Waals surface area contributed by atoms with Gasteiger partial charge in [0, 0.05) is 22.4 Å². The van der Waals surface area contributed by atoms with Crippen LogP contribution in [0.5, 0.6) is 0 Å². The van der Waals surface area contributed by atoms with E-state index in [0.717, 1.165) is 17.1 Å². The topological polar surface area (TPSA) is 3.24 Å². The van der Waals surface area contributed by atoms with Crippen LogP contribution in [0.2, 0.25) is 0 Å². The second-order valence-corrected chi connectivity index (χ2v) is 17.6. The van der Waals surface area contributed by atoms with Gasteiger partial charge in [-0.05, 0) is 136 Å². The summed E-state index contributed by atoms with van der Waals surface area (Å²) in [4.78, 5) is 2.51. The zero-order chi connectivity index (χ0) is 42.8. The van der Waals surface area contributed by atoms with E-state index in [1.165, 1.54) is 99.1 Å². The van der Waals surface area contributed by atoms with E-state index in [1.54, 1.807) is 0 Å². The molecule has 11 aromatic carbocycles. The van der Waals surface area contributed by atoms with Crippen LogP contribution in [0.3, 0.4) is 0 Å². The van der Waals surface area contributed by atoms with Crippen LogP contribution in [0, 0.1) is 0 Å². The minimum Gasteiger partial charge on any atom is -0.310 e. The van der Waals surface area contributed by atoms with E-state index in [1.807, 2.05) is 0 Å². The normalized spacial score (nSPS) is 12.7. The van der Waals surface area contributed by atoms with Crippen LogP contribution in [0.25, 0.3) is 88.0 Å². The quantitative estimate of drug-likeness (QED) is 0.145. The molecular weight excluding hydrogens is 771 g/mol. The van der Waals surface area contributed by atoms with E-state index in [-0.39, 0.29) is 5.41 Å². The van der Waals surface area contributed by atoms with Gasteiger partial charge in [0.05, 0.1) is 5.69 Å². The van der Waals surface area contributed by atoms with Crippen LogP contribution < -0.4 is 4.90 Å². The van der Waals surface area contributed by atoms with E-state index in [2.05, 4.69) is 255 Å². The third-order valence-corrected chi connectivity index (χ3v) is 13.7. The minimum absolute atomic E-state index is 0.163. The lowest BCUT2D eigenvalue weighted by atomic mass is 9.82. The molecule has 1 heteroatoms. The highest BCUT2D eigenvalue weighted by Gasteiger charge is 2.36. The third kappa shape index (κ3) is 6.15. The zero-order valence-electron chi connectivity index (χ0n) is 36.0. The van der Waals surface area contributed by atoms with Crippen LogP contribution in [-0.4, -0.2) is 0 Å². The number of rotatable bonds is 7. The number of benzene rings is 11. The average molecular weight is 816 g/mol. The molecule has 0 amide bonds. The van der Waals surface area contributed by atoms with Crippen LogP contribution in [0.4, 0.5) is 17.1 Å². The van der Waals surface area contributed by atoms with Gasteiger partial charge in [-0.15, -0.1) is 0 Å². The molecule has 64 heavy (non-hydrogen) atoms. The number of hydrogen-bond acceptors (Lipinski definition) is 1. The van der Waals surface area contributed by atoms with E-state index >= 15 is 0 Å². The van der Waals surface area contributed by atoms with E-state index < -0.39 is 0 Å². The summed E-state index contributed by atoms with van der Waals surface area (Å²) in [6.45, 7) is 4.75. The van der Waals surface area contributed by atoms with Gasteiger partial charge in [0.15, 0.2) is 0 Å². The van der Waals surface area contributed by atoms with E-state index in [0.29, 0.717) is 0 Å². The van der Waals surface area contributed by atoms with Gasteiger partial charge >= 0.3 is 0 Å². The first-order chi connectivity index (χ1) is 31.5. The molecule has 0 unspecified atom stereocenters. The number of nitrogens with zero attached hydrogens (tertiary/aromatic N) is 1. The lowest BCUT2D eigenvalue weighted by molar-refractivity contribution is 0.660. The average Bonchev–Trinajstić information content (AvgIpc) is 3.59. The van der Waals surface area contributed by atoms with Crippen LogP contribution in [0.1, 0.15) is 25.0 Å². The Morgan fingerprint density at radius 1 is 0.297 bits per heavy atom. The second kappa shape index (κ2) is 15.1. The van der Waals surface area contributed by atoms with Gasteiger partial charge in [0.2, 0.25) is 0 Å². The van der Waals surface area contributed by atoms with Crippen molar-refractivity contribution in [1.29, 1.82) is 0 Å². The van der Waals surface area contributed by atoms with Gasteiger partial charge in [-0.25, -0.2) is 0 Å². The SMILES string of the molecule is CC1(C)c2ccccc2-c2ccc(N(c3ccc(-c4cccc(-c5ccccc5)c4)cc3)c3cccc(-c4cccc5ccccc45)c3-c3cc4ccccc4c4ccccc34)cc21. The van der Waals surface area contributed by atoms with Crippen molar-refractivity contribution in [2.75, 3.05) is 4.90 Å². The highest BCUT2D eigenvalue weighted by Crippen LogP contribution is 2.53. The monoisotopic (exact) mass is 815 g/mol. The van der Waals surface area contributed by atoms with Gasteiger partial charge in [-0.1, -0.05) is 208 Å². The molecule has 302 valence electrons. The van der Waals surface area contributed by atoms with E-state index in [4.69, 9.17) is 0 Å². The van der Waals surface area contributed by atoms with Crippen molar-refractivity contribution in [3.8, 4) is 55.6 Å². The predicted octanol–water partition coefficient (Wildman–Crippen LogP) is 17.6. The summed E-state index contributed by atoms with van der Waals surface area (Å²) in [5, 5.41) is 7.42. The maximum absolute atomic E-state index is 2.51. The lowest BCUT2D eigenvalue weighted by Crippen LogP contribution is -2.17. The molecule has 0 saturated carbocycles. The summed E-state index contributed by atoms with van der Waals surface area (Å²) in [6, 6.07) is 87.4. The summed E-state index contributed by atoms with van der Waals surface area (Å²) in [5.74, 6) is 0. The first-order valence-corrected chi connectivity index (χ1v) is 22.3. The summed E-state index contributed by atoms with van der Waals surface area (Å²) in [7, 11) is 0. The minimum atomic E-state index is -0.163. The molecule has 11 aromatic rings. The van der Waals surface area contributed by atoms with Crippen molar-refractivity contribution in [2.45, 2.75) is 19.3 Å². The van der Waals surface area contributed by atoms with Gasteiger partial charge < -0.3 is 4.90 Å². The molecule has 12 rings (SSSR count). The standard InChI is InChI=1S/C63H45N/c1-63(2)59-31-13-12-28-55(59)56-38-37-49(41-60(56)63)64(48-35-33-43(34-36-48)46-23-14-22-45(39-46)42-17-4-3-5-18-42)61-32-16-30-57(53-29-15-21-44-19-6-8-24-50(44)53)62(61)58-40-47-20-7-9-25-51(47)52-26-10-11-27-54(52)58/h3-41H,1-2H3. The van der Waals surface area contributed by atoms with Crippen molar-refractivity contribution in [3.63, 3.8) is 0 Å². The Balaban J connectivity index is 1.13. The lowest BCUT2D eigenvalue weighted by Gasteiger charge is -2.31. The van der Waals surface area contributed by atoms with Crippen molar-refractivity contribution in [3.05, 3.63) is 248 Å². The molecule has 0 saturated heterocycles. The molecule has 0 atom stereocenters. The molecule has 1 nitrogen and oxygen atoms in total. The first-order valence-electron chi connectivity index (χ1n) is 22.3. The maximum Gasteiger partial charge on any atom is 0.0546 e. The predicted molar refractivity (Wildman–Crippen MR) is 273 cm³/mol. The van der Waals surface area contributed by atoms with E-state index in [9.17, 15) is 0 Å². The molecule has 0 aromatic heterocycles. The molecule has 0 spiro atoms. The molecule has 0 heterocycles. The number of anilines is 3. The Morgan fingerprint density at radius 3 is 1.66 bits per heavy atom. The maximum atomic E-state index is 2.51. The Labute approximate surface area is 375 Å². The van der Waals surface area contributed by atoms with Crippen molar-refractivity contribution in [1.82, 2.24) is 0 Å². The second-order valence-electron chi connectivity index (χ2n) is 17.6. The van der Waals surface area contributed by atoms with Crippen molar-refractivity contribution in [2.24, 2.45) is 0 Å². The fourth-order valence-electron chi connectivity index (χ4n) is 10.5. The largest absolute Gasteiger partial charge is 0.310 e. The first kappa shape index (κ1) is 37.7.